The number of nitrogens with one attached hydrogen (secondary N) is 2. The van der Waals surface area contributed by atoms with Crippen LogP contribution in [0.15, 0.2) is 48.5 Å². The molecule has 2 rings (SSSR count). The van der Waals surface area contributed by atoms with Gasteiger partial charge in [-0.05, 0) is 55.9 Å². The van der Waals surface area contributed by atoms with Crippen LogP contribution in [0.25, 0.3) is 0 Å². The van der Waals surface area contributed by atoms with Crippen molar-refractivity contribution < 1.29 is 19.0 Å². The van der Waals surface area contributed by atoms with E-state index in [9.17, 15) is 4.79 Å². The first-order chi connectivity index (χ1) is 13.5. The molecule has 0 aromatic heterocycles. The molecule has 0 bridgehead atoms. The maximum atomic E-state index is 12.5. The Morgan fingerprint density at radius 3 is 2.61 bits per heavy atom. The quantitative estimate of drug-likeness (QED) is 0.488. The summed E-state index contributed by atoms with van der Waals surface area (Å²) in [5.41, 5.74) is 1.19. The van der Waals surface area contributed by atoms with E-state index in [0.717, 1.165) is 6.42 Å². The summed E-state index contributed by atoms with van der Waals surface area (Å²) in [6.07, 6.45) is 0.970. The van der Waals surface area contributed by atoms with Gasteiger partial charge >= 0.3 is 0 Å². The van der Waals surface area contributed by atoms with Crippen LogP contribution in [0.1, 0.15) is 30.6 Å². The highest BCUT2D eigenvalue weighted by atomic mass is 32.1. The minimum absolute atomic E-state index is 0.0828. The molecule has 6 nitrogen and oxygen atoms in total. The highest BCUT2D eigenvalue weighted by Crippen LogP contribution is 2.18. The van der Waals surface area contributed by atoms with Gasteiger partial charge in [-0.2, -0.15) is 0 Å². The van der Waals surface area contributed by atoms with Crippen LogP contribution < -0.4 is 20.1 Å². The minimum Gasteiger partial charge on any atom is -0.491 e. The van der Waals surface area contributed by atoms with E-state index in [1.54, 1.807) is 31.4 Å². The van der Waals surface area contributed by atoms with Crippen molar-refractivity contribution >= 4 is 28.9 Å². The lowest BCUT2D eigenvalue weighted by Gasteiger charge is -2.14. The van der Waals surface area contributed by atoms with Gasteiger partial charge in [-0.1, -0.05) is 19.1 Å². The zero-order valence-corrected chi connectivity index (χ0v) is 17.2. The number of thiocarbonyl (C=S) groups is 1. The van der Waals surface area contributed by atoms with Crippen LogP contribution in [0.2, 0.25) is 0 Å². The van der Waals surface area contributed by atoms with E-state index in [4.69, 9.17) is 26.4 Å². The Morgan fingerprint density at radius 2 is 1.86 bits per heavy atom. The summed E-state index contributed by atoms with van der Waals surface area (Å²) in [5, 5.41) is 5.86. The van der Waals surface area contributed by atoms with E-state index in [-0.39, 0.29) is 17.1 Å². The van der Waals surface area contributed by atoms with Gasteiger partial charge in [-0.3, -0.25) is 10.1 Å². The molecule has 28 heavy (non-hydrogen) atoms. The first kappa shape index (κ1) is 21.7. The zero-order valence-electron chi connectivity index (χ0n) is 16.4. The van der Waals surface area contributed by atoms with Gasteiger partial charge in [0.05, 0.1) is 12.7 Å². The third kappa shape index (κ3) is 7.17. The number of hydrogen-bond acceptors (Lipinski definition) is 5. The van der Waals surface area contributed by atoms with E-state index >= 15 is 0 Å². The Morgan fingerprint density at radius 1 is 1.11 bits per heavy atom. The summed E-state index contributed by atoms with van der Waals surface area (Å²) in [4.78, 5) is 12.5. The molecule has 0 heterocycles. The maximum Gasteiger partial charge on any atom is 0.257 e. The number of carbonyl (C=O) groups excluding carboxylic acids is 1. The first-order valence-electron chi connectivity index (χ1n) is 9.12. The number of anilines is 1. The third-order valence-corrected chi connectivity index (χ3v) is 4.09. The predicted molar refractivity (Wildman–Crippen MR) is 114 cm³/mol. The number of ether oxygens (including phenoxy) is 3. The second-order valence-electron chi connectivity index (χ2n) is 6.14. The van der Waals surface area contributed by atoms with Gasteiger partial charge in [0.1, 0.15) is 18.1 Å². The second-order valence-corrected chi connectivity index (χ2v) is 6.55. The molecule has 0 saturated carbocycles. The summed E-state index contributed by atoms with van der Waals surface area (Å²) in [6.45, 7) is 4.99. The molecule has 1 unspecified atom stereocenters. The van der Waals surface area contributed by atoms with Crippen molar-refractivity contribution in [2.24, 2.45) is 0 Å². The molecule has 2 aromatic carbocycles. The van der Waals surface area contributed by atoms with Gasteiger partial charge in [0.2, 0.25) is 0 Å². The fourth-order valence-corrected chi connectivity index (χ4v) is 2.48. The largest absolute Gasteiger partial charge is 0.491 e. The third-order valence-electron chi connectivity index (χ3n) is 3.88. The van der Waals surface area contributed by atoms with E-state index in [0.29, 0.717) is 36.0 Å². The summed E-state index contributed by atoms with van der Waals surface area (Å²) < 4.78 is 16.3. The second kappa shape index (κ2) is 11.3. The van der Waals surface area contributed by atoms with Crippen LogP contribution in [0.4, 0.5) is 5.69 Å². The highest BCUT2D eigenvalue weighted by molar-refractivity contribution is 7.80. The van der Waals surface area contributed by atoms with Crippen LogP contribution in [0, 0.1) is 0 Å². The average Bonchev–Trinajstić information content (AvgIpc) is 2.68. The highest BCUT2D eigenvalue weighted by Gasteiger charge is 2.10. The minimum atomic E-state index is -0.306. The normalized spacial score (nSPS) is 11.4. The van der Waals surface area contributed by atoms with Gasteiger partial charge in [-0.15, -0.1) is 0 Å². The average molecular weight is 403 g/mol. The topological polar surface area (TPSA) is 68.8 Å². The molecule has 1 amide bonds. The first-order valence-corrected chi connectivity index (χ1v) is 9.53. The number of benzene rings is 2. The maximum absolute atomic E-state index is 12.5. The van der Waals surface area contributed by atoms with Crippen LogP contribution in [-0.4, -0.2) is 37.4 Å². The molecule has 0 radical (unpaired) electrons. The van der Waals surface area contributed by atoms with E-state index in [2.05, 4.69) is 10.6 Å². The van der Waals surface area contributed by atoms with E-state index in [1.165, 1.54) is 0 Å². The molecule has 0 aliphatic carbocycles. The van der Waals surface area contributed by atoms with Gasteiger partial charge in [-0.25, -0.2) is 0 Å². The van der Waals surface area contributed by atoms with Crippen molar-refractivity contribution in [1.82, 2.24) is 5.32 Å². The summed E-state index contributed by atoms with van der Waals surface area (Å²) in [6, 6.07) is 14.3. The summed E-state index contributed by atoms with van der Waals surface area (Å²) in [5.74, 6) is 1.03. The smallest absolute Gasteiger partial charge is 0.257 e. The molecule has 0 aliphatic heterocycles. The SMILES string of the molecule is CCC(C)Oc1cccc(C(=O)NC(=S)Nc2cccc(OCCOC)c2)c1. The molecular formula is C21H26N2O4S. The van der Waals surface area contributed by atoms with Crippen LogP contribution in [0.5, 0.6) is 11.5 Å². The van der Waals surface area contributed by atoms with E-state index < -0.39 is 0 Å². The molecule has 0 fully saturated rings. The Hall–Kier alpha value is -2.64. The van der Waals surface area contributed by atoms with Gasteiger partial charge < -0.3 is 19.5 Å². The molecule has 2 N–H and O–H groups in total. The van der Waals surface area contributed by atoms with Crippen molar-refractivity contribution in [2.45, 2.75) is 26.4 Å². The predicted octanol–water partition coefficient (Wildman–Crippen LogP) is 4.02. The number of rotatable bonds is 9. The molecular weight excluding hydrogens is 376 g/mol. The summed E-state index contributed by atoms with van der Waals surface area (Å²) >= 11 is 5.25. The van der Waals surface area contributed by atoms with Gasteiger partial charge in [0, 0.05) is 24.4 Å². The molecule has 0 aliphatic rings. The van der Waals surface area contributed by atoms with Crippen molar-refractivity contribution in [2.75, 3.05) is 25.6 Å². The fraction of sp³-hybridized carbons (Fsp3) is 0.333. The fourth-order valence-electron chi connectivity index (χ4n) is 2.27. The monoisotopic (exact) mass is 402 g/mol. The molecule has 1 atom stereocenters. The lowest BCUT2D eigenvalue weighted by atomic mass is 10.2. The van der Waals surface area contributed by atoms with Crippen molar-refractivity contribution in [3.63, 3.8) is 0 Å². The molecule has 150 valence electrons. The summed E-state index contributed by atoms with van der Waals surface area (Å²) in [7, 11) is 1.62. The van der Waals surface area contributed by atoms with Crippen molar-refractivity contribution in [3.05, 3.63) is 54.1 Å². The van der Waals surface area contributed by atoms with Crippen molar-refractivity contribution in [3.8, 4) is 11.5 Å². The van der Waals surface area contributed by atoms with Crippen LogP contribution in [0.3, 0.4) is 0 Å². The van der Waals surface area contributed by atoms with Gasteiger partial charge in [0.25, 0.3) is 5.91 Å². The van der Waals surface area contributed by atoms with Crippen LogP contribution in [-0.2, 0) is 4.74 Å². The molecule has 2 aromatic rings. The lowest BCUT2D eigenvalue weighted by molar-refractivity contribution is 0.0977. The zero-order chi connectivity index (χ0) is 20.4. The molecule has 7 heteroatoms. The Kier molecular flexibility index (Phi) is 8.71. The van der Waals surface area contributed by atoms with E-state index in [1.807, 2.05) is 38.1 Å². The molecule has 0 saturated heterocycles. The van der Waals surface area contributed by atoms with Crippen molar-refractivity contribution in [1.29, 1.82) is 0 Å². The number of amides is 1. The lowest BCUT2D eigenvalue weighted by Crippen LogP contribution is -2.34. The Labute approximate surface area is 171 Å². The van der Waals surface area contributed by atoms with Gasteiger partial charge in [0.15, 0.2) is 5.11 Å². The number of carbonyl (C=O) groups is 1. The Bertz CT molecular complexity index is 797. The standard InChI is InChI=1S/C21H26N2O4S/c1-4-15(2)27-19-10-5-7-16(13-19)20(24)23-21(28)22-17-8-6-9-18(14-17)26-12-11-25-3/h5-10,13-15H,4,11-12H2,1-3H3,(H2,22,23,24,28). The van der Waals surface area contributed by atoms with Crippen LogP contribution >= 0.6 is 12.2 Å². The number of hydrogen-bond donors (Lipinski definition) is 2. The number of methoxy groups -OCH3 is 1. The Balaban J connectivity index is 1.93. The molecule has 0 spiro atoms.